The van der Waals surface area contributed by atoms with Crippen molar-refractivity contribution in [3.63, 3.8) is 0 Å². The lowest BCUT2D eigenvalue weighted by atomic mass is 10.0. The van der Waals surface area contributed by atoms with Crippen LogP contribution in [0.3, 0.4) is 0 Å². The summed E-state index contributed by atoms with van der Waals surface area (Å²) in [7, 11) is 0. The molecule has 44 heavy (non-hydrogen) atoms. The molecule has 10 nitrogen and oxygen atoms in total. The SMILES string of the molecule is CC(=O)Oc1ccc(N2CCCCC2)cc1C(=O)Nc1cc(-c2cccn2C(=O)OC(C)(C)C)ccc1C(=O)OC(C)(C)C. The zero-order valence-corrected chi connectivity index (χ0v) is 26.5. The van der Waals surface area contributed by atoms with Crippen LogP contribution in [-0.2, 0) is 14.3 Å². The predicted octanol–water partition coefficient (Wildman–Crippen LogP) is 7.06. The lowest BCUT2D eigenvalue weighted by molar-refractivity contribution is -0.131. The second kappa shape index (κ2) is 13.0. The predicted molar refractivity (Wildman–Crippen MR) is 168 cm³/mol. The molecule has 1 fully saturated rings. The molecule has 0 bridgehead atoms. The van der Waals surface area contributed by atoms with Crippen molar-refractivity contribution in [2.45, 2.75) is 78.9 Å². The van der Waals surface area contributed by atoms with Gasteiger partial charge in [-0.1, -0.05) is 6.07 Å². The number of aromatic nitrogens is 1. The Balaban J connectivity index is 1.76. The van der Waals surface area contributed by atoms with Crippen molar-refractivity contribution in [3.8, 4) is 17.0 Å². The zero-order valence-electron chi connectivity index (χ0n) is 26.5. The number of piperidine rings is 1. The number of carbonyl (C=O) groups is 4. The average molecular weight is 604 g/mol. The number of benzene rings is 2. The standard InChI is InChI=1S/C34H41N3O7/c1-22(38)42-29-16-14-24(36-17-9-8-10-18-36)21-26(29)30(39)35-27-20-23(13-15-25(27)31(40)43-33(2,3)4)28-12-11-19-37(28)32(41)44-34(5,6)7/h11-16,19-21H,8-10,17-18H2,1-7H3,(H,35,39). The van der Waals surface area contributed by atoms with Crippen LogP contribution in [0.2, 0.25) is 0 Å². The lowest BCUT2D eigenvalue weighted by Gasteiger charge is -2.29. The van der Waals surface area contributed by atoms with Crippen LogP contribution in [0.5, 0.6) is 5.75 Å². The molecule has 0 radical (unpaired) electrons. The monoisotopic (exact) mass is 603 g/mol. The molecule has 4 rings (SSSR count). The van der Waals surface area contributed by atoms with Crippen molar-refractivity contribution < 1.29 is 33.4 Å². The molecule has 1 aliphatic rings. The summed E-state index contributed by atoms with van der Waals surface area (Å²) in [4.78, 5) is 54.2. The first-order valence-electron chi connectivity index (χ1n) is 14.8. The Morgan fingerprint density at radius 3 is 2.11 bits per heavy atom. The number of nitrogens with one attached hydrogen (secondary N) is 1. The van der Waals surface area contributed by atoms with E-state index in [1.807, 2.05) is 6.07 Å². The number of carbonyl (C=O) groups excluding carboxylic acids is 4. The Hall–Kier alpha value is -4.60. The average Bonchev–Trinajstić information content (AvgIpc) is 3.42. The molecule has 2 heterocycles. The largest absolute Gasteiger partial charge is 0.456 e. The normalized spacial score (nSPS) is 13.7. The minimum absolute atomic E-state index is 0.101. The molecule has 0 spiro atoms. The van der Waals surface area contributed by atoms with Crippen LogP contribution >= 0.6 is 0 Å². The topological polar surface area (TPSA) is 116 Å². The van der Waals surface area contributed by atoms with Gasteiger partial charge in [-0.2, -0.15) is 0 Å². The summed E-state index contributed by atoms with van der Waals surface area (Å²) in [5, 5.41) is 2.85. The summed E-state index contributed by atoms with van der Waals surface area (Å²) in [5.74, 6) is -1.68. The minimum Gasteiger partial charge on any atom is -0.456 e. The highest BCUT2D eigenvalue weighted by Gasteiger charge is 2.26. The third-order valence-electron chi connectivity index (χ3n) is 6.70. The Bertz CT molecular complexity index is 1550. The van der Waals surface area contributed by atoms with Gasteiger partial charge in [0.05, 0.1) is 22.5 Å². The number of ether oxygens (including phenoxy) is 3. The van der Waals surface area contributed by atoms with Gasteiger partial charge < -0.3 is 24.4 Å². The van der Waals surface area contributed by atoms with Gasteiger partial charge in [0.2, 0.25) is 0 Å². The first-order valence-corrected chi connectivity index (χ1v) is 14.8. The maximum absolute atomic E-state index is 13.9. The van der Waals surface area contributed by atoms with E-state index in [1.54, 1.807) is 90.2 Å². The summed E-state index contributed by atoms with van der Waals surface area (Å²) in [6.07, 6.45) is 4.26. The molecule has 0 atom stereocenters. The number of rotatable bonds is 6. The van der Waals surface area contributed by atoms with E-state index in [9.17, 15) is 19.2 Å². The molecule has 0 saturated carbocycles. The third-order valence-corrected chi connectivity index (χ3v) is 6.70. The van der Waals surface area contributed by atoms with Gasteiger partial charge in [-0.15, -0.1) is 0 Å². The fourth-order valence-corrected chi connectivity index (χ4v) is 4.88. The Labute approximate surface area is 258 Å². The Morgan fingerprint density at radius 1 is 0.795 bits per heavy atom. The molecule has 0 unspecified atom stereocenters. The van der Waals surface area contributed by atoms with Gasteiger partial charge >= 0.3 is 18.0 Å². The Morgan fingerprint density at radius 2 is 1.48 bits per heavy atom. The molecule has 234 valence electrons. The molecule has 1 N–H and O–H groups in total. The molecular formula is C34H41N3O7. The molecule has 3 aromatic rings. The van der Waals surface area contributed by atoms with E-state index < -0.39 is 35.1 Å². The molecule has 1 aromatic heterocycles. The highest BCUT2D eigenvalue weighted by atomic mass is 16.6. The smallest absolute Gasteiger partial charge is 0.418 e. The van der Waals surface area contributed by atoms with Crippen LogP contribution in [0, 0.1) is 0 Å². The first-order chi connectivity index (χ1) is 20.6. The number of nitrogens with zero attached hydrogens (tertiary/aromatic N) is 2. The van der Waals surface area contributed by atoms with E-state index >= 15 is 0 Å². The summed E-state index contributed by atoms with van der Waals surface area (Å²) >= 11 is 0. The summed E-state index contributed by atoms with van der Waals surface area (Å²) in [6.45, 7) is 13.6. The number of anilines is 2. The van der Waals surface area contributed by atoms with Crippen molar-refractivity contribution in [1.82, 2.24) is 4.57 Å². The van der Waals surface area contributed by atoms with Gasteiger partial charge in [-0.3, -0.25) is 14.2 Å². The number of hydrogen-bond donors (Lipinski definition) is 1. The third kappa shape index (κ3) is 8.27. The second-order valence-electron chi connectivity index (χ2n) is 12.8. The summed E-state index contributed by atoms with van der Waals surface area (Å²) in [5.41, 5.74) is 0.811. The van der Waals surface area contributed by atoms with E-state index in [0.29, 0.717) is 11.3 Å². The molecule has 1 amide bonds. The van der Waals surface area contributed by atoms with E-state index in [-0.39, 0.29) is 22.6 Å². The Kier molecular flexibility index (Phi) is 9.51. The summed E-state index contributed by atoms with van der Waals surface area (Å²) in [6, 6.07) is 13.4. The molecular weight excluding hydrogens is 562 g/mol. The van der Waals surface area contributed by atoms with Crippen LogP contribution in [-0.4, -0.2) is 52.8 Å². The summed E-state index contributed by atoms with van der Waals surface area (Å²) < 4.78 is 17.9. The minimum atomic E-state index is -0.784. The fraction of sp³-hybridized carbons (Fsp3) is 0.412. The molecule has 1 aliphatic heterocycles. The van der Waals surface area contributed by atoms with Crippen molar-refractivity contribution in [1.29, 1.82) is 0 Å². The van der Waals surface area contributed by atoms with E-state index in [1.165, 1.54) is 11.5 Å². The van der Waals surface area contributed by atoms with Gasteiger partial charge in [0.15, 0.2) is 0 Å². The van der Waals surface area contributed by atoms with E-state index in [0.717, 1.165) is 38.0 Å². The van der Waals surface area contributed by atoms with Crippen molar-refractivity contribution in [2.24, 2.45) is 0 Å². The highest BCUT2D eigenvalue weighted by Crippen LogP contribution is 2.32. The molecule has 1 saturated heterocycles. The fourth-order valence-electron chi connectivity index (χ4n) is 4.88. The first kappa shape index (κ1) is 32.3. The van der Waals surface area contributed by atoms with Crippen LogP contribution in [0.1, 0.15) is 88.4 Å². The molecule has 2 aromatic carbocycles. The number of amides is 1. The molecule has 10 heteroatoms. The second-order valence-corrected chi connectivity index (χ2v) is 12.8. The van der Waals surface area contributed by atoms with Crippen LogP contribution in [0.4, 0.5) is 16.2 Å². The van der Waals surface area contributed by atoms with Gasteiger partial charge in [0, 0.05) is 37.5 Å². The van der Waals surface area contributed by atoms with Crippen molar-refractivity contribution in [3.05, 3.63) is 65.9 Å². The van der Waals surface area contributed by atoms with Gasteiger partial charge in [0.25, 0.3) is 5.91 Å². The van der Waals surface area contributed by atoms with Gasteiger partial charge in [-0.05, 0) is 103 Å². The van der Waals surface area contributed by atoms with Crippen LogP contribution in [0.15, 0.2) is 54.7 Å². The van der Waals surface area contributed by atoms with Crippen molar-refractivity contribution >= 4 is 35.3 Å². The quantitative estimate of drug-likeness (QED) is 0.235. The van der Waals surface area contributed by atoms with Crippen molar-refractivity contribution in [2.75, 3.05) is 23.3 Å². The van der Waals surface area contributed by atoms with Crippen LogP contribution in [0.25, 0.3) is 11.3 Å². The van der Waals surface area contributed by atoms with E-state index in [4.69, 9.17) is 14.2 Å². The maximum Gasteiger partial charge on any atom is 0.418 e. The lowest BCUT2D eigenvalue weighted by Crippen LogP contribution is -2.29. The highest BCUT2D eigenvalue weighted by molar-refractivity contribution is 6.10. The van der Waals surface area contributed by atoms with Gasteiger partial charge in [0.1, 0.15) is 17.0 Å². The zero-order chi connectivity index (χ0) is 32.2. The number of hydrogen-bond acceptors (Lipinski definition) is 8. The maximum atomic E-state index is 13.9. The van der Waals surface area contributed by atoms with E-state index in [2.05, 4.69) is 10.2 Å². The van der Waals surface area contributed by atoms with Gasteiger partial charge in [-0.25, -0.2) is 9.59 Å². The molecule has 0 aliphatic carbocycles. The van der Waals surface area contributed by atoms with Crippen LogP contribution < -0.4 is 15.0 Å². The number of esters is 2.